The Morgan fingerprint density at radius 3 is 2.40 bits per heavy atom. The highest BCUT2D eigenvalue weighted by Gasteiger charge is 2.46. The Balaban J connectivity index is 2.10. The zero-order valence-corrected chi connectivity index (χ0v) is 21.6. The molecule has 1 aliphatic rings. The zero-order valence-electron chi connectivity index (χ0n) is 20.1. The van der Waals surface area contributed by atoms with Crippen molar-refractivity contribution in [3.63, 3.8) is 0 Å². The third-order valence-electron chi connectivity index (χ3n) is 6.20. The lowest BCUT2D eigenvalue weighted by atomic mass is 9.74. The number of carbonyl (C=O) groups is 3. The van der Waals surface area contributed by atoms with Crippen molar-refractivity contribution in [2.24, 2.45) is 5.92 Å². The minimum atomic E-state index is -1.06. The van der Waals surface area contributed by atoms with Crippen molar-refractivity contribution in [2.45, 2.75) is 63.6 Å². The Morgan fingerprint density at radius 1 is 1.14 bits per heavy atom. The van der Waals surface area contributed by atoms with Crippen molar-refractivity contribution in [3.8, 4) is 0 Å². The third kappa shape index (κ3) is 7.06. The molecule has 188 valence electrons. The van der Waals surface area contributed by atoms with E-state index in [1.54, 1.807) is 23.1 Å². The number of benzene rings is 2. The molecule has 0 aromatic heterocycles. The highest BCUT2D eigenvalue weighted by atomic mass is 35.5. The number of halogens is 2. The number of rotatable bonds is 9. The van der Waals surface area contributed by atoms with E-state index in [-0.39, 0.29) is 24.9 Å². The molecule has 0 aliphatic carbocycles. The van der Waals surface area contributed by atoms with Crippen molar-refractivity contribution in [3.05, 3.63) is 69.7 Å². The van der Waals surface area contributed by atoms with E-state index in [1.807, 2.05) is 51.1 Å². The van der Waals surface area contributed by atoms with Crippen molar-refractivity contribution < 1.29 is 24.2 Å². The summed E-state index contributed by atoms with van der Waals surface area (Å²) in [7, 11) is 0. The van der Waals surface area contributed by atoms with Gasteiger partial charge in [0.15, 0.2) is 0 Å². The van der Waals surface area contributed by atoms with Crippen LogP contribution >= 0.6 is 23.2 Å². The van der Waals surface area contributed by atoms with E-state index in [2.05, 4.69) is 0 Å². The highest BCUT2D eigenvalue weighted by Crippen LogP contribution is 2.47. The predicted octanol–water partition coefficient (Wildman–Crippen LogP) is 5.91. The number of carboxylic acid groups (broad SMARTS) is 1. The highest BCUT2D eigenvalue weighted by molar-refractivity contribution is 6.30. The van der Waals surface area contributed by atoms with Gasteiger partial charge in [-0.15, -0.1) is 0 Å². The van der Waals surface area contributed by atoms with Gasteiger partial charge in [0.2, 0.25) is 5.91 Å². The molecule has 1 aliphatic heterocycles. The summed E-state index contributed by atoms with van der Waals surface area (Å²) < 4.78 is 5.84. The van der Waals surface area contributed by atoms with Crippen LogP contribution in [0.4, 0.5) is 0 Å². The third-order valence-corrected chi connectivity index (χ3v) is 6.68. The van der Waals surface area contributed by atoms with Crippen LogP contribution in [-0.2, 0) is 19.1 Å². The van der Waals surface area contributed by atoms with Crippen LogP contribution in [0.2, 0.25) is 10.0 Å². The Labute approximate surface area is 216 Å². The molecule has 3 rings (SSSR count). The Morgan fingerprint density at radius 2 is 1.83 bits per heavy atom. The van der Waals surface area contributed by atoms with Crippen LogP contribution in [0.1, 0.15) is 63.1 Å². The van der Waals surface area contributed by atoms with E-state index < -0.39 is 29.6 Å². The molecule has 8 heteroatoms. The fourth-order valence-corrected chi connectivity index (χ4v) is 5.02. The Kier molecular flexibility index (Phi) is 8.97. The maximum Gasteiger partial charge on any atom is 0.304 e. The molecule has 1 saturated heterocycles. The number of hydrogen-bond acceptors (Lipinski definition) is 4. The number of carboxylic acids is 1. The molecule has 0 unspecified atom stereocenters. The van der Waals surface area contributed by atoms with Gasteiger partial charge in [0.05, 0.1) is 24.1 Å². The van der Waals surface area contributed by atoms with E-state index in [0.29, 0.717) is 22.9 Å². The lowest BCUT2D eigenvalue weighted by Crippen LogP contribution is -2.53. The first-order valence-corrected chi connectivity index (χ1v) is 12.4. The maximum atomic E-state index is 13.7. The molecule has 1 heterocycles. The lowest BCUT2D eigenvalue weighted by molar-refractivity contribution is -0.154. The SMILES string of the molecule is CC(C)(C)OCC[C@@H](C=O)N1C(=O)[C@@H](CC(=O)O)C[C@H](c2cccc(Cl)c2)[C@H]1c1ccc(Cl)cc1. The minimum absolute atomic E-state index is 0.273. The molecule has 35 heavy (non-hydrogen) atoms. The first kappa shape index (κ1) is 27.2. The number of piperidine rings is 1. The molecule has 4 atom stereocenters. The van der Waals surface area contributed by atoms with Crippen LogP contribution < -0.4 is 0 Å². The largest absolute Gasteiger partial charge is 0.481 e. The van der Waals surface area contributed by atoms with Gasteiger partial charge in [0, 0.05) is 28.5 Å². The average Bonchev–Trinajstić information content (AvgIpc) is 2.78. The van der Waals surface area contributed by atoms with Crippen molar-refractivity contribution in [2.75, 3.05) is 6.61 Å². The van der Waals surface area contributed by atoms with Gasteiger partial charge >= 0.3 is 5.97 Å². The number of ether oxygens (including phenoxy) is 1. The van der Waals surface area contributed by atoms with E-state index in [9.17, 15) is 19.5 Å². The number of aldehydes is 1. The number of likely N-dealkylation sites (tertiary alicyclic amines) is 1. The maximum absolute atomic E-state index is 13.7. The van der Waals surface area contributed by atoms with E-state index in [1.165, 1.54) is 0 Å². The second-order valence-electron chi connectivity index (χ2n) is 9.89. The first-order valence-electron chi connectivity index (χ1n) is 11.6. The smallest absolute Gasteiger partial charge is 0.304 e. The number of nitrogens with zero attached hydrogens (tertiary/aromatic N) is 1. The summed E-state index contributed by atoms with van der Waals surface area (Å²) in [6.45, 7) is 6.03. The molecule has 1 N–H and O–H groups in total. The van der Waals surface area contributed by atoms with Gasteiger partial charge in [0.25, 0.3) is 0 Å². The predicted molar refractivity (Wildman–Crippen MR) is 136 cm³/mol. The fourth-order valence-electron chi connectivity index (χ4n) is 4.70. The fraction of sp³-hybridized carbons (Fsp3) is 0.444. The van der Waals surface area contributed by atoms with Gasteiger partial charge in [-0.2, -0.15) is 0 Å². The molecular formula is C27H31Cl2NO5. The number of aliphatic carboxylic acids is 1. The summed E-state index contributed by atoms with van der Waals surface area (Å²) in [6, 6.07) is 13.2. The van der Waals surface area contributed by atoms with Crippen molar-refractivity contribution in [1.29, 1.82) is 0 Å². The van der Waals surface area contributed by atoms with Crippen LogP contribution in [0, 0.1) is 5.92 Å². The second kappa shape index (κ2) is 11.5. The van der Waals surface area contributed by atoms with E-state index >= 15 is 0 Å². The molecule has 2 aromatic carbocycles. The first-order chi connectivity index (χ1) is 16.5. The van der Waals surface area contributed by atoms with Gasteiger partial charge in [-0.3, -0.25) is 9.59 Å². The molecule has 0 saturated carbocycles. The summed E-state index contributed by atoms with van der Waals surface area (Å²) >= 11 is 12.4. The normalized spacial score (nSPS) is 21.6. The number of carbonyl (C=O) groups excluding carboxylic acids is 2. The summed E-state index contributed by atoms with van der Waals surface area (Å²) in [5.74, 6) is -2.45. The van der Waals surface area contributed by atoms with Crippen LogP contribution in [0.3, 0.4) is 0 Å². The zero-order chi connectivity index (χ0) is 25.8. The van der Waals surface area contributed by atoms with E-state index in [0.717, 1.165) is 17.4 Å². The molecule has 0 radical (unpaired) electrons. The number of amides is 1. The van der Waals surface area contributed by atoms with Crippen LogP contribution in [0.25, 0.3) is 0 Å². The van der Waals surface area contributed by atoms with Crippen LogP contribution in [0.15, 0.2) is 48.5 Å². The standard InChI is InChI=1S/C27H31Cl2NO5/c1-27(2,3)35-12-11-22(16-31)30-25(17-7-9-20(28)10-8-17)23(18-5-4-6-21(29)13-18)14-19(26(30)34)15-24(32)33/h4-10,13,16,19,22-23,25H,11-12,14-15H2,1-3H3,(H,32,33)/t19-,22+,23-,25-/m1/s1. The van der Waals surface area contributed by atoms with Gasteiger partial charge < -0.3 is 19.5 Å². The van der Waals surface area contributed by atoms with Gasteiger partial charge in [0.1, 0.15) is 6.29 Å². The topological polar surface area (TPSA) is 83.9 Å². The molecule has 1 amide bonds. The Bertz CT molecular complexity index is 1050. The summed E-state index contributed by atoms with van der Waals surface area (Å²) in [5.41, 5.74) is 1.29. The van der Waals surface area contributed by atoms with Crippen LogP contribution in [-0.4, -0.2) is 46.4 Å². The number of hydrogen-bond donors (Lipinski definition) is 1. The molecule has 2 aromatic rings. The van der Waals surface area contributed by atoms with E-state index in [4.69, 9.17) is 27.9 Å². The summed E-state index contributed by atoms with van der Waals surface area (Å²) in [6.07, 6.45) is 1.05. The van der Waals surface area contributed by atoms with Gasteiger partial charge in [-0.05, 0) is 69.0 Å². The van der Waals surface area contributed by atoms with Crippen LogP contribution in [0.5, 0.6) is 0 Å². The average molecular weight is 520 g/mol. The summed E-state index contributed by atoms with van der Waals surface area (Å²) in [4.78, 5) is 39.3. The van der Waals surface area contributed by atoms with Crippen molar-refractivity contribution in [1.82, 2.24) is 4.90 Å². The second-order valence-corrected chi connectivity index (χ2v) is 10.8. The molecule has 6 nitrogen and oxygen atoms in total. The molecule has 0 spiro atoms. The minimum Gasteiger partial charge on any atom is -0.481 e. The van der Waals surface area contributed by atoms with Gasteiger partial charge in [-0.25, -0.2) is 0 Å². The molecular weight excluding hydrogens is 489 g/mol. The summed E-state index contributed by atoms with van der Waals surface area (Å²) in [5, 5.41) is 10.6. The van der Waals surface area contributed by atoms with Gasteiger partial charge in [-0.1, -0.05) is 47.5 Å². The quantitative estimate of drug-likeness (QED) is 0.416. The Hall–Kier alpha value is -2.41. The monoisotopic (exact) mass is 519 g/mol. The van der Waals surface area contributed by atoms with Crippen molar-refractivity contribution >= 4 is 41.4 Å². The molecule has 0 bridgehead atoms. The lowest BCUT2D eigenvalue weighted by Gasteiger charge is -2.47. The molecule has 1 fully saturated rings.